The van der Waals surface area contributed by atoms with Crippen molar-refractivity contribution in [2.75, 3.05) is 32.4 Å². The van der Waals surface area contributed by atoms with Crippen LogP contribution in [0, 0.1) is 0 Å². The average Bonchev–Trinajstić information content (AvgIpc) is 3.11. The molecule has 0 bridgehead atoms. The lowest BCUT2D eigenvalue weighted by molar-refractivity contribution is 0.0948. The van der Waals surface area contributed by atoms with Gasteiger partial charge in [0.05, 0.1) is 11.3 Å². The van der Waals surface area contributed by atoms with Gasteiger partial charge in [-0.2, -0.15) is 0 Å². The molecular formula is C18H21N3O4. The van der Waals surface area contributed by atoms with E-state index in [4.69, 9.17) is 14.2 Å². The van der Waals surface area contributed by atoms with Gasteiger partial charge in [-0.05, 0) is 30.2 Å². The number of anilines is 1. The van der Waals surface area contributed by atoms with Gasteiger partial charge in [-0.1, -0.05) is 6.07 Å². The van der Waals surface area contributed by atoms with Crippen molar-refractivity contribution in [3.05, 3.63) is 47.8 Å². The molecule has 1 aromatic heterocycles. The fraction of sp³-hybridized carbons (Fsp3) is 0.333. The molecule has 132 valence electrons. The second-order valence-electron chi connectivity index (χ2n) is 5.61. The van der Waals surface area contributed by atoms with Crippen molar-refractivity contribution in [3.8, 4) is 11.5 Å². The molecule has 1 amide bonds. The summed E-state index contributed by atoms with van der Waals surface area (Å²) >= 11 is 0. The van der Waals surface area contributed by atoms with Crippen molar-refractivity contribution in [2.45, 2.75) is 13.0 Å². The van der Waals surface area contributed by atoms with E-state index < -0.39 is 0 Å². The first-order valence-corrected chi connectivity index (χ1v) is 8.11. The lowest BCUT2D eigenvalue weighted by atomic mass is 10.2. The fourth-order valence-corrected chi connectivity index (χ4v) is 2.44. The number of fused-ring (bicyclic) bond motifs is 1. The molecule has 2 N–H and O–H groups in total. The highest BCUT2D eigenvalue weighted by Crippen LogP contribution is 2.32. The standard InChI is InChI=1S/C18H21N3O4/c1-23-6-2-5-20-18(22)14-8-15(11-19-10-14)21-9-13-3-4-16-17(7-13)25-12-24-16/h3-4,7-8,10-11,21H,2,5-6,9,12H2,1H3,(H,20,22). The summed E-state index contributed by atoms with van der Waals surface area (Å²) in [5.74, 6) is 1.37. The Hall–Kier alpha value is -2.80. The van der Waals surface area contributed by atoms with Crippen LogP contribution in [0.15, 0.2) is 36.7 Å². The zero-order valence-corrected chi connectivity index (χ0v) is 14.1. The highest BCUT2D eigenvalue weighted by atomic mass is 16.7. The van der Waals surface area contributed by atoms with Crippen molar-refractivity contribution in [3.63, 3.8) is 0 Å². The quantitative estimate of drug-likeness (QED) is 0.715. The molecule has 0 atom stereocenters. The number of methoxy groups -OCH3 is 1. The minimum atomic E-state index is -0.143. The van der Waals surface area contributed by atoms with Crippen LogP contribution in [0.25, 0.3) is 0 Å². The van der Waals surface area contributed by atoms with E-state index in [0.29, 0.717) is 25.3 Å². The lowest BCUT2D eigenvalue weighted by Crippen LogP contribution is -2.25. The van der Waals surface area contributed by atoms with Crippen LogP contribution >= 0.6 is 0 Å². The first-order chi connectivity index (χ1) is 12.3. The van der Waals surface area contributed by atoms with Crippen LogP contribution in [0.2, 0.25) is 0 Å². The van der Waals surface area contributed by atoms with Crippen molar-refractivity contribution in [2.24, 2.45) is 0 Å². The molecule has 1 aliphatic heterocycles. The molecule has 7 heteroatoms. The van der Waals surface area contributed by atoms with E-state index in [1.165, 1.54) is 0 Å². The van der Waals surface area contributed by atoms with Gasteiger partial charge in [0.2, 0.25) is 6.79 Å². The molecule has 0 aliphatic carbocycles. The Bertz CT molecular complexity index is 736. The van der Waals surface area contributed by atoms with E-state index in [1.54, 1.807) is 25.6 Å². The van der Waals surface area contributed by atoms with E-state index >= 15 is 0 Å². The highest BCUT2D eigenvalue weighted by molar-refractivity contribution is 5.94. The zero-order valence-electron chi connectivity index (χ0n) is 14.1. The number of amides is 1. The normalized spacial score (nSPS) is 12.0. The minimum Gasteiger partial charge on any atom is -0.454 e. The Kier molecular flexibility index (Phi) is 5.69. The predicted molar refractivity (Wildman–Crippen MR) is 93.0 cm³/mol. The number of ether oxygens (including phenoxy) is 3. The van der Waals surface area contributed by atoms with Gasteiger partial charge in [-0.25, -0.2) is 0 Å². The van der Waals surface area contributed by atoms with Gasteiger partial charge in [0.25, 0.3) is 5.91 Å². The minimum absolute atomic E-state index is 0.143. The Morgan fingerprint density at radius 3 is 3.00 bits per heavy atom. The first kappa shape index (κ1) is 17.0. The van der Waals surface area contributed by atoms with Gasteiger partial charge in [-0.3, -0.25) is 9.78 Å². The van der Waals surface area contributed by atoms with Crippen LogP contribution in [-0.2, 0) is 11.3 Å². The topological polar surface area (TPSA) is 81.7 Å². The summed E-state index contributed by atoms with van der Waals surface area (Å²) in [5.41, 5.74) is 2.36. The van der Waals surface area contributed by atoms with E-state index in [0.717, 1.165) is 29.2 Å². The molecule has 0 fully saturated rings. The number of hydrogen-bond acceptors (Lipinski definition) is 6. The maximum absolute atomic E-state index is 12.1. The van der Waals surface area contributed by atoms with E-state index in [1.807, 2.05) is 18.2 Å². The first-order valence-electron chi connectivity index (χ1n) is 8.11. The van der Waals surface area contributed by atoms with Gasteiger partial charge in [-0.15, -0.1) is 0 Å². The summed E-state index contributed by atoms with van der Waals surface area (Å²) < 4.78 is 15.6. The molecule has 0 spiro atoms. The van der Waals surface area contributed by atoms with Crippen molar-refractivity contribution < 1.29 is 19.0 Å². The third-order valence-electron chi connectivity index (χ3n) is 3.74. The number of nitrogens with zero attached hydrogens (tertiary/aromatic N) is 1. The molecule has 25 heavy (non-hydrogen) atoms. The van der Waals surface area contributed by atoms with Gasteiger partial charge in [0, 0.05) is 39.2 Å². The molecular weight excluding hydrogens is 322 g/mol. The van der Waals surface area contributed by atoms with Crippen LogP contribution in [0.1, 0.15) is 22.3 Å². The third kappa shape index (κ3) is 4.60. The second-order valence-corrected chi connectivity index (χ2v) is 5.61. The van der Waals surface area contributed by atoms with Crippen LogP contribution in [0.5, 0.6) is 11.5 Å². The monoisotopic (exact) mass is 343 g/mol. The van der Waals surface area contributed by atoms with Gasteiger partial charge in [0.1, 0.15) is 0 Å². The number of aromatic nitrogens is 1. The van der Waals surface area contributed by atoms with Gasteiger partial charge in [0.15, 0.2) is 11.5 Å². The number of carbonyl (C=O) groups excluding carboxylic acids is 1. The summed E-state index contributed by atoms with van der Waals surface area (Å²) in [6.07, 6.45) is 4.02. The van der Waals surface area contributed by atoms with Crippen LogP contribution in [-0.4, -0.2) is 37.9 Å². The summed E-state index contributed by atoms with van der Waals surface area (Å²) in [6, 6.07) is 7.59. The number of benzene rings is 1. The largest absolute Gasteiger partial charge is 0.454 e. The highest BCUT2D eigenvalue weighted by Gasteiger charge is 2.13. The van der Waals surface area contributed by atoms with Crippen LogP contribution < -0.4 is 20.1 Å². The second kappa shape index (κ2) is 8.34. The van der Waals surface area contributed by atoms with Crippen molar-refractivity contribution in [1.29, 1.82) is 0 Å². The molecule has 0 saturated heterocycles. The zero-order chi connectivity index (χ0) is 17.5. The van der Waals surface area contributed by atoms with Crippen LogP contribution in [0.3, 0.4) is 0 Å². The number of nitrogens with one attached hydrogen (secondary N) is 2. The SMILES string of the molecule is COCCCNC(=O)c1cncc(NCc2ccc3c(c2)OCO3)c1. The molecule has 1 aromatic carbocycles. The van der Waals surface area contributed by atoms with Crippen LogP contribution in [0.4, 0.5) is 5.69 Å². The van der Waals surface area contributed by atoms with Crippen molar-refractivity contribution >= 4 is 11.6 Å². The molecule has 0 unspecified atom stereocenters. The maximum Gasteiger partial charge on any atom is 0.252 e. The van der Waals surface area contributed by atoms with E-state index in [9.17, 15) is 4.79 Å². The fourth-order valence-electron chi connectivity index (χ4n) is 2.44. The number of hydrogen-bond donors (Lipinski definition) is 2. The smallest absolute Gasteiger partial charge is 0.252 e. The summed E-state index contributed by atoms with van der Waals surface area (Å²) in [5, 5.41) is 6.11. The Morgan fingerprint density at radius 2 is 2.12 bits per heavy atom. The van der Waals surface area contributed by atoms with Crippen molar-refractivity contribution in [1.82, 2.24) is 10.3 Å². The Balaban J connectivity index is 1.55. The summed E-state index contributed by atoms with van der Waals surface area (Å²) in [4.78, 5) is 16.2. The molecule has 2 heterocycles. The van der Waals surface area contributed by atoms with E-state index in [2.05, 4.69) is 15.6 Å². The molecule has 0 radical (unpaired) electrons. The molecule has 2 aromatic rings. The molecule has 7 nitrogen and oxygen atoms in total. The average molecular weight is 343 g/mol. The Morgan fingerprint density at radius 1 is 1.24 bits per heavy atom. The summed E-state index contributed by atoms with van der Waals surface area (Å²) in [6.45, 7) is 2.05. The predicted octanol–water partition coefficient (Wildman–Crippen LogP) is 2.19. The summed E-state index contributed by atoms with van der Waals surface area (Å²) in [7, 11) is 1.64. The third-order valence-corrected chi connectivity index (χ3v) is 3.74. The molecule has 0 saturated carbocycles. The molecule has 3 rings (SSSR count). The number of pyridine rings is 1. The maximum atomic E-state index is 12.1. The van der Waals surface area contributed by atoms with E-state index in [-0.39, 0.29) is 12.7 Å². The number of rotatable bonds is 8. The van der Waals surface area contributed by atoms with Gasteiger partial charge < -0.3 is 24.8 Å². The van der Waals surface area contributed by atoms with Gasteiger partial charge >= 0.3 is 0 Å². The number of carbonyl (C=O) groups is 1. The molecule has 1 aliphatic rings. The Labute approximate surface area is 146 Å². The lowest BCUT2D eigenvalue weighted by Gasteiger charge is -2.09.